The Bertz CT molecular complexity index is 947. The van der Waals surface area contributed by atoms with Gasteiger partial charge in [0.2, 0.25) is 10.0 Å². The highest BCUT2D eigenvalue weighted by atomic mass is 32.2. The van der Waals surface area contributed by atoms with Crippen molar-refractivity contribution in [2.45, 2.75) is 44.8 Å². The third-order valence-electron chi connectivity index (χ3n) is 4.31. The Morgan fingerprint density at radius 2 is 1.84 bits per heavy atom. The van der Waals surface area contributed by atoms with Crippen molar-refractivity contribution in [3.63, 3.8) is 0 Å². The predicted molar refractivity (Wildman–Crippen MR) is 84.8 cm³/mol. The maximum Gasteiger partial charge on any atom is 0.323 e. The topological polar surface area (TPSA) is 105 Å². The van der Waals surface area contributed by atoms with E-state index in [0.29, 0.717) is 11.6 Å². The summed E-state index contributed by atoms with van der Waals surface area (Å²) in [6.07, 6.45) is 0. The normalized spacial score (nSPS) is 18.2. The van der Waals surface area contributed by atoms with Gasteiger partial charge in [0.05, 0.1) is 18.0 Å². The number of hydrogen-bond donors (Lipinski definition) is 1. The highest BCUT2D eigenvalue weighted by Crippen LogP contribution is 2.28. The van der Waals surface area contributed by atoms with Gasteiger partial charge in [0, 0.05) is 0 Å². The van der Waals surface area contributed by atoms with Crippen LogP contribution in [0.5, 0.6) is 0 Å². The highest BCUT2D eigenvalue weighted by Gasteiger charge is 2.41. The van der Waals surface area contributed by atoms with Crippen LogP contribution in [0.1, 0.15) is 22.8 Å². The minimum Gasteiger partial charge on any atom is -0.480 e. The Labute approximate surface area is 144 Å². The fourth-order valence-corrected chi connectivity index (χ4v) is 4.64. The summed E-state index contributed by atoms with van der Waals surface area (Å²) in [5.41, 5.74) is 0.364. The molecule has 2 aromatic rings. The van der Waals surface area contributed by atoms with Gasteiger partial charge in [-0.05, 0) is 44.0 Å². The van der Waals surface area contributed by atoms with Crippen molar-refractivity contribution >= 4 is 16.0 Å². The molecule has 1 unspecified atom stereocenters. The molecule has 1 aromatic heterocycles. The van der Waals surface area contributed by atoms with E-state index in [9.17, 15) is 22.7 Å². The van der Waals surface area contributed by atoms with Gasteiger partial charge in [0.15, 0.2) is 0 Å². The smallest absolute Gasteiger partial charge is 0.323 e. The van der Waals surface area contributed by atoms with E-state index >= 15 is 0 Å². The van der Waals surface area contributed by atoms with Crippen LogP contribution in [0.2, 0.25) is 0 Å². The van der Waals surface area contributed by atoms with E-state index < -0.39 is 27.9 Å². The molecule has 1 aliphatic rings. The van der Waals surface area contributed by atoms with Gasteiger partial charge < -0.3 is 9.67 Å². The number of carbonyl (C=O) groups is 1. The lowest BCUT2D eigenvalue weighted by molar-refractivity contribution is -0.142. The molecule has 0 fully saturated rings. The molecular formula is C15H17FN4O4S. The van der Waals surface area contributed by atoms with Crippen LogP contribution in [-0.4, -0.2) is 44.6 Å². The van der Waals surface area contributed by atoms with Gasteiger partial charge in [-0.25, -0.2) is 12.8 Å². The largest absolute Gasteiger partial charge is 0.480 e. The summed E-state index contributed by atoms with van der Waals surface area (Å²) < 4.78 is 42.3. The molecule has 25 heavy (non-hydrogen) atoms. The van der Waals surface area contributed by atoms with Crippen LogP contribution < -0.4 is 0 Å². The zero-order valence-corrected chi connectivity index (χ0v) is 14.7. The SMILES string of the molecule is Cc1cc(S(=O)(=O)N2Cc3nnc(C)n3CC2C(=O)O)cc(C)c1F. The Hall–Kier alpha value is -2.33. The Morgan fingerprint density at radius 3 is 2.40 bits per heavy atom. The molecule has 10 heteroatoms. The number of aryl methyl sites for hydroxylation is 3. The van der Waals surface area contributed by atoms with Crippen molar-refractivity contribution in [1.29, 1.82) is 0 Å². The highest BCUT2D eigenvalue weighted by molar-refractivity contribution is 7.89. The van der Waals surface area contributed by atoms with E-state index in [4.69, 9.17) is 0 Å². The molecule has 0 radical (unpaired) electrons. The molecule has 8 nitrogen and oxygen atoms in total. The summed E-state index contributed by atoms with van der Waals surface area (Å²) >= 11 is 0. The van der Waals surface area contributed by atoms with Crippen molar-refractivity contribution in [2.24, 2.45) is 0 Å². The third kappa shape index (κ3) is 2.81. The van der Waals surface area contributed by atoms with E-state index in [0.717, 1.165) is 4.31 Å². The number of aromatic nitrogens is 3. The molecular weight excluding hydrogens is 351 g/mol. The lowest BCUT2D eigenvalue weighted by atomic mass is 10.1. The average molecular weight is 368 g/mol. The van der Waals surface area contributed by atoms with Crippen molar-refractivity contribution in [1.82, 2.24) is 19.1 Å². The zero-order valence-electron chi connectivity index (χ0n) is 13.9. The number of carboxylic acid groups (broad SMARTS) is 1. The second-order valence-corrected chi connectivity index (χ2v) is 7.94. The standard InChI is InChI=1S/C15H17FN4O4S/c1-8-4-11(5-9(2)14(8)16)25(23,24)20-7-13-18-17-10(3)19(13)6-12(20)15(21)22/h4-5,12H,6-7H2,1-3H3,(H,21,22). The molecule has 2 heterocycles. The molecule has 3 rings (SSSR count). The van der Waals surface area contributed by atoms with Crippen molar-refractivity contribution in [3.05, 3.63) is 40.7 Å². The zero-order chi connectivity index (χ0) is 18.5. The van der Waals surface area contributed by atoms with Crippen LogP contribution in [-0.2, 0) is 27.9 Å². The number of rotatable bonds is 3. The Kier molecular flexibility index (Phi) is 4.12. The fraction of sp³-hybridized carbons (Fsp3) is 0.400. The van der Waals surface area contributed by atoms with Crippen molar-refractivity contribution in [2.75, 3.05) is 0 Å². The van der Waals surface area contributed by atoms with Gasteiger partial charge in [0.25, 0.3) is 0 Å². The van der Waals surface area contributed by atoms with E-state index in [-0.39, 0.29) is 29.1 Å². The summed E-state index contributed by atoms with van der Waals surface area (Å²) in [5, 5.41) is 17.3. The van der Waals surface area contributed by atoms with Gasteiger partial charge in [-0.15, -0.1) is 10.2 Å². The molecule has 0 bridgehead atoms. The number of fused-ring (bicyclic) bond motifs is 1. The number of nitrogens with zero attached hydrogens (tertiary/aromatic N) is 4. The second kappa shape index (κ2) is 5.88. The quantitative estimate of drug-likeness (QED) is 0.866. The summed E-state index contributed by atoms with van der Waals surface area (Å²) in [7, 11) is -4.15. The summed E-state index contributed by atoms with van der Waals surface area (Å²) in [5.74, 6) is -0.860. The molecule has 0 saturated carbocycles. The number of benzene rings is 1. The van der Waals surface area contributed by atoms with Gasteiger partial charge in [-0.1, -0.05) is 0 Å². The molecule has 0 saturated heterocycles. The minimum absolute atomic E-state index is 0.0815. The average Bonchev–Trinajstić information content (AvgIpc) is 2.91. The molecule has 0 aliphatic carbocycles. The van der Waals surface area contributed by atoms with Crippen LogP contribution in [0.3, 0.4) is 0 Å². The number of sulfonamides is 1. The van der Waals surface area contributed by atoms with Gasteiger partial charge in [-0.3, -0.25) is 4.79 Å². The Morgan fingerprint density at radius 1 is 1.24 bits per heavy atom. The lowest BCUT2D eigenvalue weighted by Gasteiger charge is -2.32. The third-order valence-corrected chi connectivity index (χ3v) is 6.15. The molecule has 1 atom stereocenters. The van der Waals surface area contributed by atoms with Gasteiger partial charge in [0.1, 0.15) is 23.5 Å². The molecule has 1 N–H and O–H groups in total. The minimum atomic E-state index is -4.15. The van der Waals surface area contributed by atoms with Crippen LogP contribution in [0.4, 0.5) is 4.39 Å². The number of carboxylic acids is 1. The van der Waals surface area contributed by atoms with Crippen LogP contribution >= 0.6 is 0 Å². The molecule has 1 aromatic carbocycles. The van der Waals surface area contributed by atoms with Crippen molar-refractivity contribution in [3.8, 4) is 0 Å². The monoisotopic (exact) mass is 368 g/mol. The maximum absolute atomic E-state index is 13.8. The van der Waals surface area contributed by atoms with Gasteiger partial charge in [-0.2, -0.15) is 4.31 Å². The fourth-order valence-electron chi connectivity index (χ4n) is 2.94. The first kappa shape index (κ1) is 17.5. The van der Waals surface area contributed by atoms with E-state index in [1.165, 1.54) is 26.0 Å². The number of hydrogen-bond acceptors (Lipinski definition) is 5. The first-order valence-corrected chi connectivity index (χ1v) is 8.97. The van der Waals surface area contributed by atoms with Gasteiger partial charge >= 0.3 is 5.97 Å². The summed E-state index contributed by atoms with van der Waals surface area (Å²) in [6.45, 7) is 4.31. The first-order chi connectivity index (χ1) is 11.6. The summed E-state index contributed by atoms with van der Waals surface area (Å²) in [4.78, 5) is 11.5. The first-order valence-electron chi connectivity index (χ1n) is 7.53. The van der Waals surface area contributed by atoms with Crippen molar-refractivity contribution < 1.29 is 22.7 Å². The van der Waals surface area contributed by atoms with E-state index in [2.05, 4.69) is 10.2 Å². The van der Waals surface area contributed by atoms with E-state index in [1.807, 2.05) is 0 Å². The van der Waals surface area contributed by atoms with Crippen LogP contribution in [0.15, 0.2) is 17.0 Å². The van der Waals surface area contributed by atoms with E-state index in [1.54, 1.807) is 11.5 Å². The van der Waals surface area contributed by atoms with Crippen LogP contribution in [0.25, 0.3) is 0 Å². The number of aliphatic carboxylic acids is 1. The van der Waals surface area contributed by atoms with Crippen LogP contribution in [0, 0.1) is 26.6 Å². The lowest BCUT2D eigenvalue weighted by Crippen LogP contribution is -2.50. The molecule has 1 aliphatic heterocycles. The number of halogens is 1. The second-order valence-electron chi connectivity index (χ2n) is 6.05. The molecule has 134 valence electrons. The Balaban J connectivity index is 2.10. The molecule has 0 spiro atoms. The summed E-state index contributed by atoms with van der Waals surface area (Å²) in [6, 6.07) is 1.13. The molecule has 0 amide bonds. The predicted octanol–water partition coefficient (Wildman–Crippen LogP) is 1.00. The maximum atomic E-state index is 13.8.